The summed E-state index contributed by atoms with van der Waals surface area (Å²) in [5.41, 5.74) is 0.821. The molecule has 1 aliphatic heterocycles. The number of likely N-dealkylation sites (N-methyl/N-ethyl adjacent to an activating group) is 1. The molecule has 0 spiro atoms. The number of hydrogen-bond donors (Lipinski definition) is 0. The number of carbonyl (C=O) groups excluding carboxylic acids is 1. The van der Waals surface area contributed by atoms with Crippen LogP contribution >= 0.6 is 0 Å². The highest BCUT2D eigenvalue weighted by molar-refractivity contribution is 5.77. The van der Waals surface area contributed by atoms with Gasteiger partial charge in [-0.15, -0.1) is 0 Å². The third kappa shape index (κ3) is 4.11. The summed E-state index contributed by atoms with van der Waals surface area (Å²) in [5.74, 6) is 1.73. The van der Waals surface area contributed by atoms with Crippen LogP contribution in [0.25, 0.3) is 0 Å². The molecular weight excluding hydrogens is 332 g/mol. The van der Waals surface area contributed by atoms with Crippen LogP contribution in [0.4, 0.5) is 0 Å². The maximum Gasteiger partial charge on any atom is 0.238 e. The van der Waals surface area contributed by atoms with E-state index in [1.807, 2.05) is 24.3 Å². The van der Waals surface area contributed by atoms with Crippen LogP contribution in [0.1, 0.15) is 24.6 Å². The van der Waals surface area contributed by atoms with Gasteiger partial charge in [-0.2, -0.15) is 0 Å². The second-order valence-electron chi connectivity index (χ2n) is 6.45. The molecule has 0 bridgehead atoms. The smallest absolute Gasteiger partial charge is 0.238 e. The van der Waals surface area contributed by atoms with E-state index in [1.54, 1.807) is 38.5 Å². The monoisotopic (exact) mass is 356 g/mol. The number of likely N-dealkylation sites (tertiary alicyclic amines) is 1. The van der Waals surface area contributed by atoms with Crippen LogP contribution in [-0.2, 0) is 4.79 Å². The quantitative estimate of drug-likeness (QED) is 0.792. The van der Waals surface area contributed by atoms with Gasteiger partial charge in [0.2, 0.25) is 11.8 Å². The molecule has 138 valence electrons. The van der Waals surface area contributed by atoms with Crippen LogP contribution < -0.4 is 9.47 Å². The fourth-order valence-electron chi connectivity index (χ4n) is 3.05. The Hall–Kier alpha value is -2.67. The van der Waals surface area contributed by atoms with Crippen LogP contribution in [0, 0.1) is 0 Å². The Kier molecular flexibility index (Phi) is 5.68. The number of ether oxygens (including phenoxy) is 2. The lowest BCUT2D eigenvalue weighted by molar-refractivity contribution is -0.130. The summed E-state index contributed by atoms with van der Waals surface area (Å²) in [6, 6.07) is 7.49. The third-order valence-electron chi connectivity index (χ3n) is 4.46. The first-order chi connectivity index (χ1) is 12.6. The Morgan fingerprint density at radius 1 is 1.27 bits per heavy atom. The van der Waals surface area contributed by atoms with Gasteiger partial charge in [0.15, 0.2) is 11.5 Å². The lowest BCUT2D eigenvalue weighted by Gasteiger charge is -2.24. The number of methoxy groups -OCH3 is 1. The number of amides is 1. The first-order valence-corrected chi connectivity index (χ1v) is 8.65. The number of benzene rings is 1. The van der Waals surface area contributed by atoms with Crippen molar-refractivity contribution in [3.05, 3.63) is 42.4 Å². The van der Waals surface area contributed by atoms with Gasteiger partial charge >= 0.3 is 0 Å². The molecule has 1 amide bonds. The molecule has 0 N–H and O–H groups in total. The van der Waals surface area contributed by atoms with E-state index in [1.165, 1.54) is 0 Å². The summed E-state index contributed by atoms with van der Waals surface area (Å²) in [6.45, 7) is 1.26. The average Bonchev–Trinajstić information content (AvgIpc) is 3.10. The number of carbonyl (C=O) groups is 1. The minimum atomic E-state index is 0.0765. The van der Waals surface area contributed by atoms with Gasteiger partial charge in [-0.3, -0.25) is 14.7 Å². The van der Waals surface area contributed by atoms with Crippen LogP contribution in [-0.4, -0.2) is 60.0 Å². The van der Waals surface area contributed by atoms with Crippen LogP contribution in [0.2, 0.25) is 0 Å². The van der Waals surface area contributed by atoms with E-state index in [2.05, 4.69) is 14.9 Å². The van der Waals surface area contributed by atoms with E-state index >= 15 is 0 Å². The first kappa shape index (κ1) is 18.1. The van der Waals surface area contributed by atoms with Crippen LogP contribution in [0.5, 0.6) is 17.4 Å². The summed E-state index contributed by atoms with van der Waals surface area (Å²) in [4.78, 5) is 24.7. The second kappa shape index (κ2) is 8.14. The van der Waals surface area contributed by atoms with Crippen molar-refractivity contribution in [1.29, 1.82) is 0 Å². The number of aromatic nitrogens is 2. The second-order valence-corrected chi connectivity index (χ2v) is 6.45. The summed E-state index contributed by atoms with van der Waals surface area (Å²) in [6.07, 6.45) is 5.32. The van der Waals surface area contributed by atoms with E-state index in [-0.39, 0.29) is 11.9 Å². The molecule has 26 heavy (non-hydrogen) atoms. The minimum absolute atomic E-state index is 0.0765. The first-order valence-electron chi connectivity index (χ1n) is 8.65. The number of nitrogens with zero attached hydrogens (tertiary/aromatic N) is 4. The van der Waals surface area contributed by atoms with E-state index in [0.717, 1.165) is 25.1 Å². The Morgan fingerprint density at radius 2 is 2.04 bits per heavy atom. The minimum Gasteiger partial charge on any atom is -0.493 e. The zero-order valence-corrected chi connectivity index (χ0v) is 15.4. The number of hydrogen-bond acceptors (Lipinski definition) is 6. The Balaban J connectivity index is 1.77. The molecule has 0 radical (unpaired) electrons. The van der Waals surface area contributed by atoms with E-state index in [0.29, 0.717) is 23.9 Å². The lowest BCUT2D eigenvalue weighted by Crippen LogP contribution is -2.36. The van der Waals surface area contributed by atoms with Gasteiger partial charge in [0, 0.05) is 14.1 Å². The molecule has 3 rings (SSSR count). The molecule has 0 aliphatic carbocycles. The normalized spacial score (nSPS) is 17.1. The van der Waals surface area contributed by atoms with Crippen LogP contribution in [0.3, 0.4) is 0 Å². The molecule has 1 aliphatic rings. The highest BCUT2D eigenvalue weighted by Gasteiger charge is 2.29. The zero-order chi connectivity index (χ0) is 18.5. The molecule has 0 saturated carbocycles. The van der Waals surface area contributed by atoms with Gasteiger partial charge in [0.05, 0.1) is 37.8 Å². The van der Waals surface area contributed by atoms with Crippen molar-refractivity contribution in [3.63, 3.8) is 0 Å². The van der Waals surface area contributed by atoms with Crippen molar-refractivity contribution in [1.82, 2.24) is 19.8 Å². The van der Waals surface area contributed by atoms with Crippen LogP contribution in [0.15, 0.2) is 36.7 Å². The predicted molar refractivity (Wildman–Crippen MR) is 97.3 cm³/mol. The standard InChI is InChI=1S/C19H24N4O3/c1-22(2)19(24)13-23-10-6-7-15(23)14-11-20-12-18(21-14)26-17-9-5-4-8-16(17)25-3/h4-5,8-9,11-12,15H,6-7,10,13H2,1-3H3/t15-/m1/s1. The highest BCUT2D eigenvalue weighted by atomic mass is 16.5. The predicted octanol–water partition coefficient (Wildman–Crippen LogP) is 2.50. The van der Waals surface area contributed by atoms with Gasteiger partial charge in [-0.1, -0.05) is 12.1 Å². The van der Waals surface area contributed by atoms with Gasteiger partial charge in [0.1, 0.15) is 0 Å². The third-order valence-corrected chi connectivity index (χ3v) is 4.46. The number of rotatable bonds is 6. The van der Waals surface area contributed by atoms with E-state index in [9.17, 15) is 4.79 Å². The maximum absolute atomic E-state index is 12.1. The summed E-state index contributed by atoms with van der Waals surface area (Å²) in [5, 5.41) is 0. The molecule has 1 saturated heterocycles. The maximum atomic E-state index is 12.1. The van der Waals surface area contributed by atoms with Gasteiger partial charge < -0.3 is 14.4 Å². The highest BCUT2D eigenvalue weighted by Crippen LogP contribution is 2.33. The van der Waals surface area contributed by atoms with Gasteiger partial charge in [0.25, 0.3) is 0 Å². The molecule has 2 heterocycles. The van der Waals surface area contributed by atoms with Crippen molar-refractivity contribution in [2.75, 3.05) is 34.3 Å². The fourth-order valence-corrected chi connectivity index (χ4v) is 3.05. The molecule has 1 atom stereocenters. The molecule has 1 aromatic heterocycles. The Morgan fingerprint density at radius 3 is 2.77 bits per heavy atom. The van der Waals surface area contributed by atoms with Crippen molar-refractivity contribution in [2.45, 2.75) is 18.9 Å². The van der Waals surface area contributed by atoms with Crippen molar-refractivity contribution in [2.24, 2.45) is 0 Å². The molecular formula is C19H24N4O3. The zero-order valence-electron chi connectivity index (χ0n) is 15.4. The average molecular weight is 356 g/mol. The van der Waals surface area contributed by atoms with E-state index < -0.39 is 0 Å². The SMILES string of the molecule is COc1ccccc1Oc1cncc([C@H]2CCCN2CC(=O)N(C)C)n1. The molecule has 1 fully saturated rings. The fraction of sp³-hybridized carbons (Fsp3) is 0.421. The van der Waals surface area contributed by atoms with Crippen molar-refractivity contribution < 1.29 is 14.3 Å². The summed E-state index contributed by atoms with van der Waals surface area (Å²) < 4.78 is 11.2. The Bertz CT molecular complexity index is 766. The largest absolute Gasteiger partial charge is 0.493 e. The lowest BCUT2D eigenvalue weighted by atomic mass is 10.1. The molecule has 7 heteroatoms. The van der Waals surface area contributed by atoms with Crippen molar-refractivity contribution in [3.8, 4) is 17.4 Å². The van der Waals surface area contributed by atoms with Gasteiger partial charge in [-0.25, -0.2) is 4.98 Å². The topological polar surface area (TPSA) is 67.8 Å². The van der Waals surface area contributed by atoms with Crippen molar-refractivity contribution >= 4 is 5.91 Å². The summed E-state index contributed by atoms with van der Waals surface area (Å²) in [7, 11) is 5.15. The molecule has 7 nitrogen and oxygen atoms in total. The number of para-hydroxylation sites is 2. The molecule has 1 aromatic carbocycles. The Labute approximate surface area is 153 Å². The summed E-state index contributed by atoms with van der Waals surface area (Å²) >= 11 is 0. The molecule has 0 unspecified atom stereocenters. The van der Waals surface area contributed by atoms with E-state index in [4.69, 9.17) is 9.47 Å². The molecule has 2 aromatic rings. The van der Waals surface area contributed by atoms with Gasteiger partial charge in [-0.05, 0) is 31.5 Å².